The highest BCUT2D eigenvalue weighted by molar-refractivity contribution is 6.01. The lowest BCUT2D eigenvalue weighted by Crippen LogP contribution is -2.63. The molecule has 0 aliphatic carbocycles. The van der Waals surface area contributed by atoms with Crippen LogP contribution in [0.3, 0.4) is 0 Å². The molecule has 1 atom stereocenters. The number of fused-ring (bicyclic) bond motifs is 1. The molecule has 0 radical (unpaired) electrons. The van der Waals surface area contributed by atoms with Crippen molar-refractivity contribution in [1.82, 2.24) is 9.80 Å². The molecule has 1 unspecified atom stereocenters. The van der Waals surface area contributed by atoms with E-state index in [1.54, 1.807) is 12.3 Å². The monoisotopic (exact) mass is 324 g/mol. The quantitative estimate of drug-likeness (QED) is 0.838. The predicted octanol–water partition coefficient (Wildman–Crippen LogP) is 3.06. The van der Waals surface area contributed by atoms with Crippen LogP contribution in [-0.4, -0.2) is 47.4 Å². The molecule has 2 saturated heterocycles. The molecule has 0 aromatic heterocycles. The van der Waals surface area contributed by atoms with E-state index in [0.29, 0.717) is 17.7 Å². The SMILES string of the molecule is CC1CCCCN1C1CN(C(=O)C2=Cc3ccccc3OC=C2)C1. The number of carbonyl (C=O) groups is 1. The van der Waals surface area contributed by atoms with Gasteiger partial charge in [0.05, 0.1) is 6.26 Å². The third-order valence-electron chi connectivity index (χ3n) is 5.39. The van der Waals surface area contributed by atoms with Crippen molar-refractivity contribution in [3.05, 3.63) is 47.7 Å². The summed E-state index contributed by atoms with van der Waals surface area (Å²) in [6, 6.07) is 8.98. The highest BCUT2D eigenvalue weighted by atomic mass is 16.5. The third kappa shape index (κ3) is 2.86. The molecule has 1 amide bonds. The minimum Gasteiger partial charge on any atom is -0.464 e. The van der Waals surface area contributed by atoms with E-state index >= 15 is 0 Å². The maximum atomic E-state index is 12.8. The summed E-state index contributed by atoms with van der Waals surface area (Å²) >= 11 is 0. The van der Waals surface area contributed by atoms with Crippen LogP contribution in [0.2, 0.25) is 0 Å². The molecule has 24 heavy (non-hydrogen) atoms. The van der Waals surface area contributed by atoms with Crippen LogP contribution in [0.4, 0.5) is 0 Å². The Kier molecular flexibility index (Phi) is 4.15. The number of hydrogen-bond donors (Lipinski definition) is 0. The fourth-order valence-electron chi connectivity index (χ4n) is 3.91. The molecule has 0 saturated carbocycles. The maximum absolute atomic E-state index is 12.8. The summed E-state index contributed by atoms with van der Waals surface area (Å²) in [5.41, 5.74) is 1.65. The van der Waals surface area contributed by atoms with E-state index in [0.717, 1.165) is 24.4 Å². The van der Waals surface area contributed by atoms with E-state index in [1.165, 1.54) is 25.8 Å². The second-order valence-corrected chi connectivity index (χ2v) is 7.00. The summed E-state index contributed by atoms with van der Waals surface area (Å²) < 4.78 is 5.58. The Morgan fingerprint density at radius 1 is 1.21 bits per heavy atom. The molecule has 0 N–H and O–H groups in total. The molecular weight excluding hydrogens is 300 g/mol. The van der Waals surface area contributed by atoms with E-state index in [-0.39, 0.29) is 5.91 Å². The molecule has 3 aliphatic heterocycles. The summed E-state index contributed by atoms with van der Waals surface area (Å²) in [5.74, 6) is 0.896. The number of carbonyl (C=O) groups excluding carboxylic acids is 1. The highest BCUT2D eigenvalue weighted by Crippen LogP contribution is 2.28. The number of benzene rings is 1. The zero-order chi connectivity index (χ0) is 16.5. The Morgan fingerprint density at radius 2 is 2.04 bits per heavy atom. The normalized spacial score (nSPS) is 24.5. The van der Waals surface area contributed by atoms with Crippen molar-refractivity contribution in [3.8, 4) is 5.75 Å². The first kappa shape index (κ1) is 15.5. The van der Waals surface area contributed by atoms with Crippen LogP contribution in [0.1, 0.15) is 31.7 Å². The topological polar surface area (TPSA) is 32.8 Å². The van der Waals surface area contributed by atoms with E-state index in [2.05, 4.69) is 11.8 Å². The molecule has 0 spiro atoms. The van der Waals surface area contributed by atoms with Gasteiger partial charge in [0, 0.05) is 36.3 Å². The first-order chi connectivity index (χ1) is 11.7. The summed E-state index contributed by atoms with van der Waals surface area (Å²) in [4.78, 5) is 17.3. The van der Waals surface area contributed by atoms with Gasteiger partial charge in [-0.05, 0) is 44.5 Å². The number of para-hydroxylation sites is 1. The van der Waals surface area contributed by atoms with Gasteiger partial charge in [-0.3, -0.25) is 9.69 Å². The zero-order valence-corrected chi connectivity index (χ0v) is 14.1. The number of piperidine rings is 1. The number of amides is 1. The van der Waals surface area contributed by atoms with Crippen molar-refractivity contribution in [2.24, 2.45) is 0 Å². The van der Waals surface area contributed by atoms with Crippen LogP contribution in [0.15, 0.2) is 42.2 Å². The third-order valence-corrected chi connectivity index (χ3v) is 5.39. The first-order valence-corrected chi connectivity index (χ1v) is 8.91. The van der Waals surface area contributed by atoms with Crippen LogP contribution in [-0.2, 0) is 4.79 Å². The van der Waals surface area contributed by atoms with Gasteiger partial charge in [-0.1, -0.05) is 24.6 Å². The average molecular weight is 324 g/mol. The number of rotatable bonds is 2. The van der Waals surface area contributed by atoms with E-state index in [1.807, 2.05) is 35.2 Å². The van der Waals surface area contributed by atoms with E-state index < -0.39 is 0 Å². The van der Waals surface area contributed by atoms with Crippen molar-refractivity contribution in [2.45, 2.75) is 38.3 Å². The number of hydrogen-bond acceptors (Lipinski definition) is 3. The van der Waals surface area contributed by atoms with Crippen molar-refractivity contribution in [1.29, 1.82) is 0 Å². The summed E-state index contributed by atoms with van der Waals surface area (Å²) in [5, 5.41) is 0. The van der Waals surface area contributed by atoms with Crippen LogP contribution >= 0.6 is 0 Å². The molecular formula is C20H24N2O2. The molecule has 126 valence electrons. The Balaban J connectivity index is 1.43. The number of nitrogens with zero attached hydrogens (tertiary/aromatic N) is 2. The highest BCUT2D eigenvalue weighted by Gasteiger charge is 2.38. The molecule has 3 heterocycles. The van der Waals surface area contributed by atoms with Crippen LogP contribution < -0.4 is 4.74 Å². The zero-order valence-electron chi connectivity index (χ0n) is 14.1. The van der Waals surface area contributed by atoms with Gasteiger partial charge in [0.1, 0.15) is 5.75 Å². The summed E-state index contributed by atoms with van der Waals surface area (Å²) in [6.45, 7) is 5.18. The molecule has 2 fully saturated rings. The standard InChI is InChI=1S/C20H24N2O2/c1-15-6-4-5-10-22(15)18-13-21(14-18)20(23)17-9-11-24-19-8-3-2-7-16(19)12-17/h2-3,7-9,11-12,15,18H,4-6,10,13-14H2,1H3. The molecule has 4 nitrogen and oxygen atoms in total. The maximum Gasteiger partial charge on any atom is 0.254 e. The molecule has 4 heteroatoms. The summed E-state index contributed by atoms with van der Waals surface area (Å²) in [6.07, 6.45) is 9.23. The lowest BCUT2D eigenvalue weighted by Gasteiger charge is -2.49. The van der Waals surface area contributed by atoms with Gasteiger partial charge in [0.15, 0.2) is 0 Å². The molecule has 4 rings (SSSR count). The number of likely N-dealkylation sites (tertiary alicyclic amines) is 2. The van der Waals surface area contributed by atoms with Crippen LogP contribution in [0, 0.1) is 0 Å². The smallest absolute Gasteiger partial charge is 0.254 e. The van der Waals surface area contributed by atoms with Crippen molar-refractivity contribution >= 4 is 12.0 Å². The van der Waals surface area contributed by atoms with E-state index in [4.69, 9.17) is 4.74 Å². The first-order valence-electron chi connectivity index (χ1n) is 8.91. The van der Waals surface area contributed by atoms with Gasteiger partial charge in [-0.2, -0.15) is 0 Å². The predicted molar refractivity (Wildman–Crippen MR) is 94.6 cm³/mol. The Hall–Kier alpha value is -2.07. The van der Waals surface area contributed by atoms with Crippen molar-refractivity contribution < 1.29 is 9.53 Å². The molecule has 0 bridgehead atoms. The Bertz CT molecular complexity index is 689. The Morgan fingerprint density at radius 3 is 2.88 bits per heavy atom. The van der Waals surface area contributed by atoms with Crippen LogP contribution in [0.25, 0.3) is 6.08 Å². The lowest BCUT2D eigenvalue weighted by molar-refractivity contribution is -0.135. The molecule has 3 aliphatic rings. The van der Waals surface area contributed by atoms with Gasteiger partial charge >= 0.3 is 0 Å². The number of ether oxygens (including phenoxy) is 1. The van der Waals surface area contributed by atoms with Gasteiger partial charge in [0.25, 0.3) is 5.91 Å². The fourth-order valence-corrected chi connectivity index (χ4v) is 3.91. The van der Waals surface area contributed by atoms with Gasteiger partial charge in [0.2, 0.25) is 0 Å². The lowest BCUT2D eigenvalue weighted by atomic mass is 9.96. The van der Waals surface area contributed by atoms with Crippen molar-refractivity contribution in [3.63, 3.8) is 0 Å². The minimum absolute atomic E-state index is 0.104. The second kappa shape index (κ2) is 6.44. The molecule has 1 aromatic carbocycles. The van der Waals surface area contributed by atoms with Crippen molar-refractivity contribution in [2.75, 3.05) is 19.6 Å². The van der Waals surface area contributed by atoms with E-state index in [9.17, 15) is 4.79 Å². The van der Waals surface area contributed by atoms with Crippen LogP contribution in [0.5, 0.6) is 5.75 Å². The molecule has 1 aromatic rings. The minimum atomic E-state index is 0.104. The van der Waals surface area contributed by atoms with Gasteiger partial charge in [-0.25, -0.2) is 0 Å². The largest absolute Gasteiger partial charge is 0.464 e. The van der Waals surface area contributed by atoms with Gasteiger partial charge in [-0.15, -0.1) is 0 Å². The Labute approximate surface area is 143 Å². The fraction of sp³-hybridized carbons (Fsp3) is 0.450. The second-order valence-electron chi connectivity index (χ2n) is 7.00. The van der Waals surface area contributed by atoms with Gasteiger partial charge < -0.3 is 9.64 Å². The average Bonchev–Trinajstić information content (AvgIpc) is 2.77. The summed E-state index contributed by atoms with van der Waals surface area (Å²) in [7, 11) is 0.